The van der Waals surface area contributed by atoms with Crippen LogP contribution in [-0.2, 0) is 4.79 Å². The fourth-order valence-corrected chi connectivity index (χ4v) is 2.07. The van der Waals surface area contributed by atoms with Crippen LogP contribution in [0, 0.1) is 0 Å². The Labute approximate surface area is 135 Å². The summed E-state index contributed by atoms with van der Waals surface area (Å²) in [5, 5.41) is 8.60. The quantitative estimate of drug-likeness (QED) is 0.521. The lowest BCUT2D eigenvalue weighted by Crippen LogP contribution is -2.09. The number of aliphatic carboxylic acids is 1. The molecule has 0 spiro atoms. The summed E-state index contributed by atoms with van der Waals surface area (Å²) in [6.07, 6.45) is 0. The van der Waals surface area contributed by atoms with Gasteiger partial charge in [0, 0.05) is 5.56 Å². The molecule has 7 N–H and O–H groups in total. The van der Waals surface area contributed by atoms with E-state index >= 15 is 0 Å². The first-order valence-electron chi connectivity index (χ1n) is 6.75. The fourth-order valence-electron chi connectivity index (χ4n) is 2.07. The number of anilines is 3. The predicted octanol–water partition coefficient (Wildman–Crippen LogP) is 0.297. The van der Waals surface area contributed by atoms with E-state index in [1.54, 1.807) is 24.3 Å². The average Bonchev–Trinajstić information content (AvgIpc) is 2.52. The number of nitrogens with two attached hydrogens (primary N) is 3. The first-order chi connectivity index (χ1) is 11.4. The molecule has 0 amide bonds. The van der Waals surface area contributed by atoms with Crippen LogP contribution in [0.15, 0.2) is 24.3 Å². The monoisotopic (exact) mass is 327 g/mol. The summed E-state index contributed by atoms with van der Waals surface area (Å²) in [5.41, 5.74) is 18.8. The minimum Gasteiger partial charge on any atom is -0.482 e. The molecule has 0 aliphatic rings. The van der Waals surface area contributed by atoms with Gasteiger partial charge < -0.3 is 27.0 Å². The maximum atomic E-state index is 10.5. The van der Waals surface area contributed by atoms with Crippen molar-refractivity contribution in [2.75, 3.05) is 23.8 Å². The second kappa shape index (κ2) is 5.83. The van der Waals surface area contributed by atoms with Gasteiger partial charge in [-0.05, 0) is 24.3 Å². The van der Waals surface area contributed by atoms with E-state index < -0.39 is 12.6 Å². The Bertz CT molecular complexity index is 928. The van der Waals surface area contributed by atoms with E-state index in [1.807, 2.05) is 0 Å². The first kappa shape index (κ1) is 15.2. The van der Waals surface area contributed by atoms with Crippen LogP contribution in [0.2, 0.25) is 0 Å². The molecule has 2 heterocycles. The standard InChI is InChI=1S/C14H13N7O3/c15-11-9(6-1-3-7(4-2-6)24-5-8(22)23)18-10-12(16)20-14(17)21-13(10)19-11/h1-4H,5H2,(H,22,23)(H6,15,16,17,19,20,21). The first-order valence-corrected chi connectivity index (χ1v) is 6.75. The van der Waals surface area contributed by atoms with E-state index in [-0.39, 0.29) is 23.2 Å². The van der Waals surface area contributed by atoms with Crippen molar-refractivity contribution in [3.05, 3.63) is 24.3 Å². The van der Waals surface area contributed by atoms with Gasteiger partial charge in [0.1, 0.15) is 11.4 Å². The molecular weight excluding hydrogens is 314 g/mol. The molecule has 2 aromatic heterocycles. The lowest BCUT2D eigenvalue weighted by atomic mass is 10.1. The third-order valence-electron chi connectivity index (χ3n) is 3.09. The maximum absolute atomic E-state index is 10.5. The number of carbonyl (C=O) groups is 1. The van der Waals surface area contributed by atoms with Crippen LogP contribution in [0.5, 0.6) is 5.75 Å². The summed E-state index contributed by atoms with van der Waals surface area (Å²) in [6.45, 7) is -0.424. The number of rotatable bonds is 4. The number of hydrogen-bond acceptors (Lipinski definition) is 9. The van der Waals surface area contributed by atoms with Gasteiger partial charge in [0.2, 0.25) is 5.95 Å². The van der Waals surface area contributed by atoms with Crippen molar-refractivity contribution in [1.29, 1.82) is 0 Å². The van der Waals surface area contributed by atoms with Gasteiger partial charge in [0.25, 0.3) is 0 Å². The number of carboxylic acids is 1. The SMILES string of the molecule is Nc1nc(N)c2nc(-c3ccc(OCC(=O)O)cc3)c(N)nc2n1. The van der Waals surface area contributed by atoms with Gasteiger partial charge in [-0.25, -0.2) is 14.8 Å². The number of benzene rings is 1. The van der Waals surface area contributed by atoms with Crippen LogP contribution in [-0.4, -0.2) is 37.6 Å². The van der Waals surface area contributed by atoms with Crippen molar-refractivity contribution in [3.63, 3.8) is 0 Å². The lowest BCUT2D eigenvalue weighted by Gasteiger charge is -2.08. The van der Waals surface area contributed by atoms with Gasteiger partial charge in [0.15, 0.2) is 29.4 Å². The van der Waals surface area contributed by atoms with Crippen molar-refractivity contribution in [2.45, 2.75) is 0 Å². The Morgan fingerprint density at radius 2 is 1.71 bits per heavy atom. The van der Waals surface area contributed by atoms with E-state index in [2.05, 4.69) is 19.9 Å². The smallest absolute Gasteiger partial charge is 0.341 e. The number of nitrogens with zero attached hydrogens (tertiary/aromatic N) is 4. The predicted molar refractivity (Wildman–Crippen MR) is 86.9 cm³/mol. The molecular formula is C14H13N7O3. The van der Waals surface area contributed by atoms with Crippen LogP contribution >= 0.6 is 0 Å². The molecule has 0 aliphatic carbocycles. The molecule has 1 aromatic carbocycles. The molecule has 122 valence electrons. The van der Waals surface area contributed by atoms with Crippen LogP contribution in [0.25, 0.3) is 22.4 Å². The molecule has 0 aliphatic heterocycles. The number of nitrogen functional groups attached to an aromatic ring is 3. The van der Waals surface area contributed by atoms with Crippen molar-refractivity contribution in [2.24, 2.45) is 0 Å². The minimum atomic E-state index is -1.06. The summed E-state index contributed by atoms with van der Waals surface area (Å²) < 4.78 is 5.07. The molecule has 0 radical (unpaired) electrons. The Kier molecular flexibility index (Phi) is 3.70. The van der Waals surface area contributed by atoms with Gasteiger partial charge in [-0.1, -0.05) is 0 Å². The maximum Gasteiger partial charge on any atom is 0.341 e. The molecule has 0 unspecified atom stereocenters. The van der Waals surface area contributed by atoms with E-state index in [0.29, 0.717) is 22.5 Å². The van der Waals surface area contributed by atoms with Crippen LogP contribution in [0.4, 0.5) is 17.6 Å². The average molecular weight is 327 g/mol. The summed E-state index contributed by atoms with van der Waals surface area (Å²) in [6, 6.07) is 6.56. The number of aromatic nitrogens is 4. The third kappa shape index (κ3) is 2.92. The van der Waals surface area contributed by atoms with Crippen molar-refractivity contribution >= 4 is 34.7 Å². The molecule has 10 heteroatoms. The molecule has 0 fully saturated rings. The number of hydrogen-bond donors (Lipinski definition) is 4. The minimum absolute atomic E-state index is 0.0126. The Balaban J connectivity index is 1.99. The van der Waals surface area contributed by atoms with Gasteiger partial charge in [-0.15, -0.1) is 0 Å². The number of carboxylic acid groups (broad SMARTS) is 1. The molecule has 24 heavy (non-hydrogen) atoms. The van der Waals surface area contributed by atoms with Crippen molar-refractivity contribution < 1.29 is 14.6 Å². The van der Waals surface area contributed by atoms with Gasteiger partial charge in [-0.2, -0.15) is 9.97 Å². The Hall–Kier alpha value is -3.69. The Morgan fingerprint density at radius 3 is 2.38 bits per heavy atom. The zero-order chi connectivity index (χ0) is 17.3. The zero-order valence-corrected chi connectivity index (χ0v) is 12.3. The summed E-state index contributed by atoms with van der Waals surface area (Å²) in [7, 11) is 0. The number of ether oxygens (including phenoxy) is 1. The highest BCUT2D eigenvalue weighted by atomic mass is 16.5. The van der Waals surface area contributed by atoms with Gasteiger partial charge in [-0.3, -0.25) is 0 Å². The van der Waals surface area contributed by atoms with E-state index in [4.69, 9.17) is 27.0 Å². The summed E-state index contributed by atoms with van der Waals surface area (Å²) in [4.78, 5) is 26.8. The summed E-state index contributed by atoms with van der Waals surface area (Å²) in [5.74, 6) is -0.407. The highest BCUT2D eigenvalue weighted by molar-refractivity contribution is 5.87. The molecule has 3 aromatic rings. The fraction of sp³-hybridized carbons (Fsp3) is 0.0714. The third-order valence-corrected chi connectivity index (χ3v) is 3.09. The normalized spacial score (nSPS) is 10.7. The molecule has 3 rings (SSSR count). The number of fused-ring (bicyclic) bond motifs is 1. The lowest BCUT2D eigenvalue weighted by molar-refractivity contribution is -0.139. The Morgan fingerprint density at radius 1 is 1.00 bits per heavy atom. The molecule has 0 saturated heterocycles. The van der Waals surface area contributed by atoms with Crippen LogP contribution in [0.3, 0.4) is 0 Å². The second-order valence-corrected chi connectivity index (χ2v) is 4.80. The highest BCUT2D eigenvalue weighted by Crippen LogP contribution is 2.27. The molecule has 0 atom stereocenters. The highest BCUT2D eigenvalue weighted by Gasteiger charge is 2.13. The van der Waals surface area contributed by atoms with Gasteiger partial charge >= 0.3 is 5.97 Å². The van der Waals surface area contributed by atoms with E-state index in [1.165, 1.54) is 0 Å². The second-order valence-electron chi connectivity index (χ2n) is 4.80. The van der Waals surface area contributed by atoms with Gasteiger partial charge in [0.05, 0.1) is 0 Å². The topological polar surface area (TPSA) is 176 Å². The van der Waals surface area contributed by atoms with E-state index in [0.717, 1.165) is 0 Å². The van der Waals surface area contributed by atoms with E-state index in [9.17, 15) is 4.79 Å². The summed E-state index contributed by atoms with van der Waals surface area (Å²) >= 11 is 0. The molecule has 0 bridgehead atoms. The molecule has 0 saturated carbocycles. The van der Waals surface area contributed by atoms with Crippen LogP contribution < -0.4 is 21.9 Å². The largest absolute Gasteiger partial charge is 0.482 e. The van der Waals surface area contributed by atoms with Crippen LogP contribution in [0.1, 0.15) is 0 Å². The zero-order valence-electron chi connectivity index (χ0n) is 12.3. The van der Waals surface area contributed by atoms with Crippen molar-refractivity contribution in [1.82, 2.24) is 19.9 Å². The van der Waals surface area contributed by atoms with Crippen molar-refractivity contribution in [3.8, 4) is 17.0 Å². The molecule has 10 nitrogen and oxygen atoms in total.